The first-order valence-corrected chi connectivity index (χ1v) is 4.63. The van der Waals surface area contributed by atoms with Gasteiger partial charge in [-0.1, -0.05) is 10.2 Å². The van der Waals surface area contributed by atoms with Gasteiger partial charge in [-0.25, -0.2) is 0 Å². The van der Waals surface area contributed by atoms with Gasteiger partial charge in [-0.15, -0.1) is 0 Å². The Bertz CT molecular complexity index is 313. The van der Waals surface area contributed by atoms with Gasteiger partial charge in [0.25, 0.3) is 0 Å². The molecule has 1 saturated heterocycles. The maximum atomic E-state index is 9.73. The Hall–Kier alpha value is -1.30. The second-order valence-corrected chi connectivity index (χ2v) is 3.91. The molecule has 14 heavy (non-hydrogen) atoms. The van der Waals surface area contributed by atoms with Gasteiger partial charge in [0.15, 0.2) is 0 Å². The summed E-state index contributed by atoms with van der Waals surface area (Å²) in [6.07, 6.45) is 1.41. The zero-order valence-electron chi connectivity index (χ0n) is 8.10. The van der Waals surface area contributed by atoms with Gasteiger partial charge in [-0.3, -0.25) is 0 Å². The molecule has 6 nitrogen and oxygen atoms in total. The van der Waals surface area contributed by atoms with E-state index in [2.05, 4.69) is 10.2 Å². The number of hydrogen-bond acceptors (Lipinski definition) is 6. The minimum Gasteiger partial charge on any atom is -0.390 e. The molecule has 1 aliphatic heterocycles. The van der Waals surface area contributed by atoms with Gasteiger partial charge in [0.2, 0.25) is 0 Å². The van der Waals surface area contributed by atoms with Gasteiger partial charge in [0.05, 0.1) is 5.60 Å². The van der Waals surface area contributed by atoms with Crippen molar-refractivity contribution in [1.29, 1.82) is 0 Å². The molecule has 0 bridgehead atoms. The van der Waals surface area contributed by atoms with E-state index in [1.54, 1.807) is 0 Å². The van der Waals surface area contributed by atoms with Crippen LogP contribution in [0.25, 0.3) is 0 Å². The lowest BCUT2D eigenvalue weighted by atomic mass is 9.94. The number of aromatic nitrogens is 2. The van der Waals surface area contributed by atoms with Crippen LogP contribution in [0.15, 0.2) is 4.42 Å². The summed E-state index contributed by atoms with van der Waals surface area (Å²) >= 11 is 0. The molecule has 2 heterocycles. The Morgan fingerprint density at radius 1 is 1.43 bits per heavy atom. The number of piperidine rings is 1. The van der Waals surface area contributed by atoms with Crippen LogP contribution in [-0.2, 0) is 0 Å². The fourth-order valence-corrected chi connectivity index (χ4v) is 1.53. The van der Waals surface area contributed by atoms with E-state index in [1.165, 1.54) is 0 Å². The third-order valence-electron chi connectivity index (χ3n) is 2.54. The summed E-state index contributed by atoms with van der Waals surface area (Å²) in [5.41, 5.74) is 4.75. The molecule has 0 unspecified atom stereocenters. The molecule has 3 N–H and O–H groups in total. The monoisotopic (exact) mass is 198 g/mol. The second-order valence-electron chi connectivity index (χ2n) is 3.91. The van der Waals surface area contributed by atoms with Crippen molar-refractivity contribution >= 4 is 12.0 Å². The van der Waals surface area contributed by atoms with Crippen molar-refractivity contribution in [2.75, 3.05) is 23.7 Å². The SMILES string of the molecule is CC1(O)CCN(c2nnc(N)o2)CC1. The summed E-state index contributed by atoms with van der Waals surface area (Å²) in [5.74, 6) is 0. The molecule has 0 spiro atoms. The molecule has 2 rings (SSSR count). The zero-order chi connectivity index (χ0) is 10.2. The van der Waals surface area contributed by atoms with Gasteiger partial charge in [0.1, 0.15) is 0 Å². The van der Waals surface area contributed by atoms with Crippen molar-refractivity contribution in [3.63, 3.8) is 0 Å². The first-order valence-electron chi connectivity index (χ1n) is 4.63. The van der Waals surface area contributed by atoms with Crippen LogP contribution in [0.4, 0.5) is 12.0 Å². The van der Waals surface area contributed by atoms with Crippen molar-refractivity contribution in [2.24, 2.45) is 0 Å². The number of anilines is 2. The average Bonchev–Trinajstić information content (AvgIpc) is 2.52. The molecule has 0 aromatic carbocycles. The molecular weight excluding hydrogens is 184 g/mol. The smallest absolute Gasteiger partial charge is 0.319 e. The molecule has 0 atom stereocenters. The topological polar surface area (TPSA) is 88.4 Å². The number of hydrogen-bond donors (Lipinski definition) is 2. The normalized spacial score (nSPS) is 21.1. The number of nitrogens with two attached hydrogens (primary N) is 1. The fraction of sp³-hybridized carbons (Fsp3) is 0.750. The largest absolute Gasteiger partial charge is 0.390 e. The van der Waals surface area contributed by atoms with Crippen LogP contribution >= 0.6 is 0 Å². The van der Waals surface area contributed by atoms with E-state index in [1.807, 2.05) is 11.8 Å². The lowest BCUT2D eigenvalue weighted by molar-refractivity contribution is 0.0343. The number of rotatable bonds is 1. The van der Waals surface area contributed by atoms with Crippen molar-refractivity contribution in [3.05, 3.63) is 0 Å². The van der Waals surface area contributed by atoms with Crippen molar-refractivity contribution < 1.29 is 9.52 Å². The van der Waals surface area contributed by atoms with Gasteiger partial charge >= 0.3 is 12.0 Å². The molecule has 1 aliphatic rings. The molecule has 1 aromatic heterocycles. The summed E-state index contributed by atoms with van der Waals surface area (Å²) in [4.78, 5) is 1.93. The van der Waals surface area contributed by atoms with Crippen LogP contribution in [0, 0.1) is 0 Å². The Morgan fingerprint density at radius 2 is 2.07 bits per heavy atom. The van der Waals surface area contributed by atoms with E-state index in [4.69, 9.17) is 10.2 Å². The molecule has 1 fully saturated rings. The highest BCUT2D eigenvalue weighted by molar-refractivity contribution is 5.28. The van der Waals surface area contributed by atoms with Crippen molar-refractivity contribution in [1.82, 2.24) is 10.2 Å². The number of nitrogen functional groups attached to an aromatic ring is 1. The highest BCUT2D eigenvalue weighted by Crippen LogP contribution is 2.24. The van der Waals surface area contributed by atoms with E-state index in [0.29, 0.717) is 31.9 Å². The summed E-state index contributed by atoms with van der Waals surface area (Å²) in [6, 6.07) is 0.523. The number of aliphatic hydroxyl groups is 1. The maximum absolute atomic E-state index is 9.73. The van der Waals surface area contributed by atoms with Gasteiger partial charge in [0, 0.05) is 13.1 Å². The van der Waals surface area contributed by atoms with E-state index in [-0.39, 0.29) is 6.01 Å². The standard InChI is InChI=1S/C8H14N4O2/c1-8(13)2-4-12(5-3-8)7-11-10-6(9)14-7/h13H,2-5H2,1H3,(H2,9,10). The minimum absolute atomic E-state index is 0.0809. The van der Waals surface area contributed by atoms with E-state index in [9.17, 15) is 5.11 Å². The third-order valence-corrected chi connectivity index (χ3v) is 2.54. The molecule has 0 amide bonds. The van der Waals surface area contributed by atoms with Crippen molar-refractivity contribution in [3.8, 4) is 0 Å². The van der Waals surface area contributed by atoms with Crippen LogP contribution in [0.2, 0.25) is 0 Å². The Kier molecular flexibility index (Phi) is 2.07. The molecule has 6 heteroatoms. The van der Waals surface area contributed by atoms with Gasteiger partial charge in [-0.05, 0) is 19.8 Å². The van der Waals surface area contributed by atoms with Crippen LogP contribution < -0.4 is 10.6 Å². The summed E-state index contributed by atoms with van der Waals surface area (Å²) < 4.78 is 5.09. The molecular formula is C8H14N4O2. The van der Waals surface area contributed by atoms with Crippen LogP contribution in [-0.4, -0.2) is 34.0 Å². The van der Waals surface area contributed by atoms with E-state index >= 15 is 0 Å². The third kappa shape index (κ3) is 1.79. The average molecular weight is 198 g/mol. The lowest BCUT2D eigenvalue weighted by Crippen LogP contribution is -2.42. The first-order chi connectivity index (χ1) is 6.57. The first kappa shape index (κ1) is 9.26. The quantitative estimate of drug-likeness (QED) is 0.660. The van der Waals surface area contributed by atoms with Gasteiger partial charge in [-0.2, -0.15) is 0 Å². The fourth-order valence-electron chi connectivity index (χ4n) is 1.53. The molecule has 0 radical (unpaired) electrons. The Morgan fingerprint density at radius 3 is 2.57 bits per heavy atom. The van der Waals surface area contributed by atoms with Crippen LogP contribution in [0.3, 0.4) is 0 Å². The second kappa shape index (κ2) is 3.13. The van der Waals surface area contributed by atoms with Crippen LogP contribution in [0.1, 0.15) is 19.8 Å². The Balaban J connectivity index is 2.02. The molecule has 1 aromatic rings. The highest BCUT2D eigenvalue weighted by atomic mass is 16.4. The lowest BCUT2D eigenvalue weighted by Gasteiger charge is -2.34. The predicted molar refractivity (Wildman–Crippen MR) is 50.8 cm³/mol. The predicted octanol–water partition coefficient (Wildman–Crippen LogP) is 0.00300. The summed E-state index contributed by atoms with van der Waals surface area (Å²) in [6.45, 7) is 3.27. The highest BCUT2D eigenvalue weighted by Gasteiger charge is 2.29. The van der Waals surface area contributed by atoms with Gasteiger partial charge < -0.3 is 20.2 Å². The summed E-state index contributed by atoms with van der Waals surface area (Å²) in [5, 5.41) is 17.1. The molecule has 0 aliphatic carbocycles. The maximum Gasteiger partial charge on any atom is 0.319 e. The minimum atomic E-state index is -0.567. The van der Waals surface area contributed by atoms with E-state index < -0.39 is 5.60 Å². The van der Waals surface area contributed by atoms with Crippen LogP contribution in [0.5, 0.6) is 0 Å². The summed E-state index contributed by atoms with van der Waals surface area (Å²) in [7, 11) is 0. The van der Waals surface area contributed by atoms with Crippen molar-refractivity contribution in [2.45, 2.75) is 25.4 Å². The van der Waals surface area contributed by atoms with E-state index in [0.717, 1.165) is 0 Å². The molecule has 0 saturated carbocycles. The number of nitrogens with zero attached hydrogens (tertiary/aromatic N) is 3. The molecule has 78 valence electrons. The Labute approximate surface area is 81.7 Å². The zero-order valence-corrected chi connectivity index (χ0v) is 8.10.